The van der Waals surface area contributed by atoms with Gasteiger partial charge in [-0.15, -0.1) is 11.3 Å². The highest BCUT2D eigenvalue weighted by Crippen LogP contribution is 2.35. The second kappa shape index (κ2) is 10.4. The highest BCUT2D eigenvalue weighted by Gasteiger charge is 2.41. The van der Waals surface area contributed by atoms with Gasteiger partial charge in [0.05, 0.1) is 33.9 Å². The molecule has 1 amide bonds. The van der Waals surface area contributed by atoms with E-state index in [9.17, 15) is 13.2 Å². The van der Waals surface area contributed by atoms with E-state index in [1.165, 1.54) is 21.7 Å². The number of sulfonamides is 1. The summed E-state index contributed by atoms with van der Waals surface area (Å²) < 4.78 is 35.1. The second-order valence-corrected chi connectivity index (χ2v) is 13.1. The average Bonchev–Trinajstić information content (AvgIpc) is 3.53. The van der Waals surface area contributed by atoms with E-state index in [-0.39, 0.29) is 23.2 Å². The summed E-state index contributed by atoms with van der Waals surface area (Å²) in [4.78, 5) is 24.8. The Bertz CT molecular complexity index is 1490. The number of nitrogens with zero attached hydrogens (tertiary/aromatic N) is 4. The van der Waals surface area contributed by atoms with E-state index in [0.29, 0.717) is 39.3 Å². The topological polar surface area (TPSA) is 92.7 Å². The fourth-order valence-corrected chi connectivity index (χ4v) is 8.42. The number of hydrogen-bond acceptors (Lipinski definition) is 8. The molecule has 1 unspecified atom stereocenters. The van der Waals surface area contributed by atoms with Crippen molar-refractivity contribution in [2.24, 2.45) is 0 Å². The Balaban J connectivity index is 1.54. The molecule has 0 saturated carbocycles. The molecule has 5 rings (SSSR count). The third-order valence-corrected chi connectivity index (χ3v) is 10.6. The Morgan fingerprint density at radius 3 is 2.78 bits per heavy atom. The van der Waals surface area contributed by atoms with Crippen LogP contribution in [0.5, 0.6) is 5.75 Å². The van der Waals surface area contributed by atoms with E-state index >= 15 is 0 Å². The van der Waals surface area contributed by atoms with Gasteiger partial charge in [-0.05, 0) is 49.2 Å². The number of pyridine rings is 1. The van der Waals surface area contributed by atoms with Crippen molar-refractivity contribution in [3.63, 3.8) is 0 Å². The van der Waals surface area contributed by atoms with Crippen molar-refractivity contribution in [2.45, 2.75) is 36.1 Å². The minimum absolute atomic E-state index is 0.135. The molecule has 0 bridgehead atoms. The van der Waals surface area contributed by atoms with Crippen LogP contribution in [0.15, 0.2) is 58.9 Å². The van der Waals surface area contributed by atoms with Crippen LogP contribution in [0.25, 0.3) is 10.2 Å². The largest absolute Gasteiger partial charge is 0.497 e. The zero-order chi connectivity index (χ0) is 25.3. The van der Waals surface area contributed by atoms with Gasteiger partial charge < -0.3 is 4.74 Å². The molecule has 8 nitrogen and oxygen atoms in total. The maximum atomic E-state index is 14.1. The summed E-state index contributed by atoms with van der Waals surface area (Å²) in [5.41, 5.74) is 1.38. The Kier molecular flexibility index (Phi) is 7.27. The molecule has 12 heteroatoms. The number of hydrogen-bond donors (Lipinski definition) is 0. The predicted molar refractivity (Wildman–Crippen MR) is 142 cm³/mol. The molecule has 1 atom stereocenters. The van der Waals surface area contributed by atoms with E-state index in [1.807, 2.05) is 30.3 Å². The van der Waals surface area contributed by atoms with Crippen LogP contribution in [-0.4, -0.2) is 48.3 Å². The molecule has 1 saturated heterocycles. The molecule has 0 radical (unpaired) electrons. The quantitative estimate of drug-likeness (QED) is 0.308. The number of fused-ring (bicyclic) bond motifs is 1. The van der Waals surface area contributed by atoms with Gasteiger partial charge in [0.2, 0.25) is 5.91 Å². The molecule has 0 N–H and O–H groups in total. The molecule has 0 aliphatic carbocycles. The van der Waals surface area contributed by atoms with Crippen LogP contribution in [-0.2, 0) is 21.4 Å². The zero-order valence-electron chi connectivity index (χ0n) is 19.3. The van der Waals surface area contributed by atoms with Gasteiger partial charge in [0, 0.05) is 18.8 Å². The Hall–Kier alpha value is -2.57. The first-order valence-electron chi connectivity index (χ1n) is 11.3. The smallest absolute Gasteiger partial charge is 0.253 e. The molecular weight excluding hydrogens is 540 g/mol. The van der Waals surface area contributed by atoms with Crippen molar-refractivity contribution >= 4 is 65.6 Å². The Morgan fingerprint density at radius 2 is 2.06 bits per heavy atom. The highest BCUT2D eigenvalue weighted by molar-refractivity contribution is 7.91. The van der Waals surface area contributed by atoms with Gasteiger partial charge in [-0.2, -0.15) is 4.31 Å². The molecule has 1 aliphatic rings. The fourth-order valence-electron chi connectivity index (χ4n) is 4.20. The summed E-state index contributed by atoms with van der Waals surface area (Å²) in [6.07, 6.45) is 3.53. The zero-order valence-corrected chi connectivity index (χ0v) is 22.5. The first-order chi connectivity index (χ1) is 17.4. The van der Waals surface area contributed by atoms with Gasteiger partial charge >= 0.3 is 0 Å². The lowest BCUT2D eigenvalue weighted by atomic mass is 10.0. The molecule has 4 aromatic rings. The van der Waals surface area contributed by atoms with Crippen molar-refractivity contribution in [1.29, 1.82) is 0 Å². The lowest BCUT2D eigenvalue weighted by molar-refractivity contribution is -0.123. The molecule has 36 heavy (non-hydrogen) atoms. The van der Waals surface area contributed by atoms with Gasteiger partial charge in [-0.25, -0.2) is 13.4 Å². The van der Waals surface area contributed by atoms with Crippen LogP contribution < -0.4 is 9.64 Å². The van der Waals surface area contributed by atoms with E-state index in [0.717, 1.165) is 22.5 Å². The van der Waals surface area contributed by atoms with Gasteiger partial charge in [-0.1, -0.05) is 35.4 Å². The minimum Gasteiger partial charge on any atom is -0.497 e. The summed E-state index contributed by atoms with van der Waals surface area (Å²) in [5, 5.41) is 0.482. The molecule has 1 aromatic carbocycles. The number of carbonyl (C=O) groups excluding carboxylic acids is 1. The van der Waals surface area contributed by atoms with E-state index in [2.05, 4.69) is 4.98 Å². The van der Waals surface area contributed by atoms with Crippen LogP contribution in [0.1, 0.15) is 25.0 Å². The third kappa shape index (κ3) is 4.98. The van der Waals surface area contributed by atoms with Crippen molar-refractivity contribution < 1.29 is 17.9 Å². The number of thiophene rings is 1. The summed E-state index contributed by atoms with van der Waals surface area (Å²) in [6, 6.07) is 13.3. The Labute approximate surface area is 222 Å². The molecular formula is C24H23ClN4O4S3. The highest BCUT2D eigenvalue weighted by atomic mass is 35.5. The number of thiazole rings is 1. The number of rotatable bonds is 7. The van der Waals surface area contributed by atoms with E-state index < -0.39 is 16.1 Å². The lowest BCUT2D eigenvalue weighted by Gasteiger charge is -2.35. The van der Waals surface area contributed by atoms with E-state index in [4.69, 9.17) is 21.3 Å². The minimum atomic E-state index is -3.89. The molecule has 0 spiro atoms. The van der Waals surface area contributed by atoms with Crippen LogP contribution in [0.4, 0.5) is 5.13 Å². The monoisotopic (exact) mass is 562 g/mol. The van der Waals surface area contributed by atoms with Crippen LogP contribution in [0, 0.1) is 0 Å². The SMILES string of the molecule is COc1ccc2sc(N(Cc3ccccn3)C(=O)C3CCCCN3S(=O)(=O)c3ccc(Cl)s3)nc2c1. The first kappa shape index (κ1) is 25.1. The maximum absolute atomic E-state index is 14.1. The maximum Gasteiger partial charge on any atom is 0.253 e. The molecule has 4 heterocycles. The number of methoxy groups -OCH3 is 1. The van der Waals surface area contributed by atoms with Crippen LogP contribution >= 0.6 is 34.3 Å². The normalized spacial score (nSPS) is 16.8. The van der Waals surface area contributed by atoms with Gasteiger partial charge in [-0.3, -0.25) is 14.7 Å². The van der Waals surface area contributed by atoms with Crippen molar-refractivity contribution in [3.8, 4) is 5.75 Å². The van der Waals surface area contributed by atoms with Crippen molar-refractivity contribution in [1.82, 2.24) is 14.3 Å². The summed E-state index contributed by atoms with van der Waals surface area (Å²) in [7, 11) is -2.30. The average molecular weight is 563 g/mol. The lowest BCUT2D eigenvalue weighted by Crippen LogP contribution is -2.52. The number of amides is 1. The number of piperidine rings is 1. The summed E-state index contributed by atoms with van der Waals surface area (Å²) in [6.45, 7) is 0.439. The predicted octanol–water partition coefficient (Wildman–Crippen LogP) is 5.19. The van der Waals surface area contributed by atoms with Crippen LogP contribution in [0.2, 0.25) is 4.34 Å². The van der Waals surface area contributed by atoms with E-state index in [1.54, 1.807) is 30.3 Å². The number of carbonyl (C=O) groups is 1. The first-order valence-corrected chi connectivity index (χ1v) is 14.7. The Morgan fingerprint density at radius 1 is 1.19 bits per heavy atom. The van der Waals surface area contributed by atoms with Crippen molar-refractivity contribution in [2.75, 3.05) is 18.6 Å². The summed E-state index contributed by atoms with van der Waals surface area (Å²) in [5.74, 6) is 0.346. The molecule has 3 aromatic heterocycles. The number of benzene rings is 1. The summed E-state index contributed by atoms with van der Waals surface area (Å²) >= 11 is 8.39. The second-order valence-electron chi connectivity index (χ2n) is 8.26. The van der Waals surface area contributed by atoms with Gasteiger partial charge in [0.15, 0.2) is 5.13 Å². The third-order valence-electron chi connectivity index (χ3n) is 5.98. The number of halogens is 1. The van der Waals surface area contributed by atoms with Gasteiger partial charge in [0.25, 0.3) is 10.0 Å². The van der Waals surface area contributed by atoms with Crippen LogP contribution in [0.3, 0.4) is 0 Å². The van der Waals surface area contributed by atoms with Gasteiger partial charge in [0.1, 0.15) is 16.0 Å². The standard InChI is InChI=1S/C24H23ClN4O4S3/c1-33-17-8-9-20-18(14-17)27-24(34-20)28(15-16-6-2-4-12-26-16)23(30)19-7-3-5-13-29(19)36(31,32)22-11-10-21(25)35-22/h2,4,6,8-12,14,19H,3,5,7,13,15H2,1H3. The fraction of sp³-hybridized carbons (Fsp3) is 0.292. The van der Waals surface area contributed by atoms with Crippen molar-refractivity contribution in [3.05, 3.63) is 64.8 Å². The number of aromatic nitrogens is 2. The molecule has 188 valence electrons. The number of ether oxygens (including phenoxy) is 1. The molecule has 1 fully saturated rings. The molecule has 1 aliphatic heterocycles. The number of anilines is 1.